The molecular weight excluding hydrogens is 240 g/mol. The standard InChI is InChI=1S/C11H14N2O5/c1-4-18-11(14)7(2)8-5-9(17-3)10(12-6-8)13(15)16/h5-7H,4H2,1-3H3/t7-/m1/s1. The minimum Gasteiger partial charge on any atom is -0.489 e. The Morgan fingerprint density at radius 1 is 1.61 bits per heavy atom. The van der Waals surface area contributed by atoms with E-state index < -0.39 is 16.8 Å². The number of hydrogen-bond acceptors (Lipinski definition) is 6. The summed E-state index contributed by atoms with van der Waals surface area (Å²) in [6, 6.07) is 1.42. The van der Waals surface area contributed by atoms with Crippen LogP contribution in [0.2, 0.25) is 0 Å². The second kappa shape index (κ2) is 5.95. The van der Waals surface area contributed by atoms with Crippen LogP contribution in [0.15, 0.2) is 12.3 Å². The Labute approximate surface area is 104 Å². The van der Waals surface area contributed by atoms with Crippen LogP contribution in [0.5, 0.6) is 5.75 Å². The number of pyridine rings is 1. The summed E-state index contributed by atoms with van der Waals surface area (Å²) in [4.78, 5) is 25.2. The molecule has 0 spiro atoms. The highest BCUT2D eigenvalue weighted by Crippen LogP contribution is 2.28. The van der Waals surface area contributed by atoms with Gasteiger partial charge >= 0.3 is 11.8 Å². The van der Waals surface area contributed by atoms with Gasteiger partial charge in [-0.1, -0.05) is 0 Å². The van der Waals surface area contributed by atoms with E-state index in [0.29, 0.717) is 5.56 Å². The van der Waals surface area contributed by atoms with Crippen molar-refractivity contribution in [2.24, 2.45) is 0 Å². The van der Waals surface area contributed by atoms with Crippen molar-refractivity contribution in [1.82, 2.24) is 4.98 Å². The molecular formula is C11H14N2O5. The normalized spacial score (nSPS) is 11.7. The number of rotatable bonds is 5. The molecule has 0 amide bonds. The van der Waals surface area contributed by atoms with E-state index in [4.69, 9.17) is 9.47 Å². The van der Waals surface area contributed by atoms with Crippen LogP contribution >= 0.6 is 0 Å². The van der Waals surface area contributed by atoms with E-state index in [9.17, 15) is 14.9 Å². The number of nitrogens with zero attached hydrogens (tertiary/aromatic N) is 2. The summed E-state index contributed by atoms with van der Waals surface area (Å²) in [7, 11) is 1.31. The molecule has 1 aromatic heterocycles. The summed E-state index contributed by atoms with van der Waals surface area (Å²) >= 11 is 0. The van der Waals surface area contributed by atoms with E-state index in [1.54, 1.807) is 13.8 Å². The molecule has 0 aromatic carbocycles. The van der Waals surface area contributed by atoms with Gasteiger partial charge < -0.3 is 19.6 Å². The second-order valence-corrected chi connectivity index (χ2v) is 3.53. The van der Waals surface area contributed by atoms with Crippen LogP contribution in [0.1, 0.15) is 25.3 Å². The molecule has 0 fully saturated rings. The van der Waals surface area contributed by atoms with Crippen LogP contribution in [-0.4, -0.2) is 29.6 Å². The quantitative estimate of drug-likeness (QED) is 0.451. The van der Waals surface area contributed by atoms with Crippen molar-refractivity contribution in [2.75, 3.05) is 13.7 Å². The molecule has 0 radical (unpaired) electrons. The van der Waals surface area contributed by atoms with Gasteiger partial charge in [-0.15, -0.1) is 0 Å². The van der Waals surface area contributed by atoms with Gasteiger partial charge in [0.05, 0.1) is 19.6 Å². The molecule has 0 aliphatic carbocycles. The number of methoxy groups -OCH3 is 1. The van der Waals surface area contributed by atoms with Gasteiger partial charge in [-0.3, -0.25) is 4.79 Å². The predicted octanol–water partition coefficient (Wildman–Crippen LogP) is 1.67. The van der Waals surface area contributed by atoms with Gasteiger partial charge in [-0.2, -0.15) is 0 Å². The van der Waals surface area contributed by atoms with Gasteiger partial charge in [0.1, 0.15) is 6.20 Å². The summed E-state index contributed by atoms with van der Waals surface area (Å²) in [6.45, 7) is 3.63. The smallest absolute Gasteiger partial charge is 0.406 e. The van der Waals surface area contributed by atoms with Gasteiger partial charge in [0.25, 0.3) is 0 Å². The Morgan fingerprint density at radius 2 is 2.28 bits per heavy atom. The fourth-order valence-corrected chi connectivity index (χ4v) is 1.38. The Bertz CT molecular complexity index is 461. The fourth-order valence-electron chi connectivity index (χ4n) is 1.38. The number of ether oxygens (including phenoxy) is 2. The lowest BCUT2D eigenvalue weighted by atomic mass is 10.0. The molecule has 0 aliphatic rings. The molecule has 1 aromatic rings. The summed E-state index contributed by atoms with van der Waals surface area (Å²) in [6.07, 6.45) is 1.28. The maximum atomic E-state index is 11.5. The SMILES string of the molecule is CCOC(=O)[C@H](C)c1cnc([N+](=O)[O-])c(OC)c1. The van der Waals surface area contributed by atoms with E-state index in [-0.39, 0.29) is 18.2 Å². The first-order chi connectivity index (χ1) is 8.51. The third kappa shape index (κ3) is 2.93. The predicted molar refractivity (Wildman–Crippen MR) is 62.5 cm³/mol. The van der Waals surface area contributed by atoms with Crippen molar-refractivity contribution in [3.63, 3.8) is 0 Å². The van der Waals surface area contributed by atoms with Crippen molar-refractivity contribution >= 4 is 11.8 Å². The zero-order valence-electron chi connectivity index (χ0n) is 10.4. The highest BCUT2D eigenvalue weighted by atomic mass is 16.6. The molecule has 7 heteroatoms. The van der Waals surface area contributed by atoms with Crippen LogP contribution in [0.3, 0.4) is 0 Å². The molecule has 1 rings (SSSR count). The summed E-state index contributed by atoms with van der Waals surface area (Å²) < 4.78 is 9.75. The molecule has 0 bridgehead atoms. The maximum absolute atomic E-state index is 11.5. The molecule has 0 aliphatic heterocycles. The zero-order valence-corrected chi connectivity index (χ0v) is 10.4. The average Bonchev–Trinajstić information content (AvgIpc) is 2.37. The molecule has 1 heterocycles. The average molecular weight is 254 g/mol. The van der Waals surface area contributed by atoms with Crippen molar-refractivity contribution in [3.05, 3.63) is 27.9 Å². The van der Waals surface area contributed by atoms with Gasteiger partial charge in [-0.05, 0) is 29.8 Å². The monoisotopic (exact) mass is 254 g/mol. The maximum Gasteiger partial charge on any atom is 0.406 e. The second-order valence-electron chi connectivity index (χ2n) is 3.53. The minimum atomic E-state index is -0.641. The van der Waals surface area contributed by atoms with Crippen LogP contribution in [-0.2, 0) is 9.53 Å². The van der Waals surface area contributed by atoms with Crippen LogP contribution in [0, 0.1) is 10.1 Å². The highest BCUT2D eigenvalue weighted by molar-refractivity contribution is 5.77. The summed E-state index contributed by atoms with van der Waals surface area (Å²) in [5.41, 5.74) is 0.510. The molecule has 0 N–H and O–H groups in total. The van der Waals surface area contributed by atoms with Crippen LogP contribution in [0.4, 0.5) is 5.82 Å². The van der Waals surface area contributed by atoms with Crippen LogP contribution < -0.4 is 4.74 Å². The largest absolute Gasteiger partial charge is 0.489 e. The Hall–Kier alpha value is -2.18. The topological polar surface area (TPSA) is 91.6 Å². The number of aromatic nitrogens is 1. The number of carbonyl (C=O) groups excluding carboxylic acids is 1. The third-order valence-electron chi connectivity index (χ3n) is 2.39. The van der Waals surface area contributed by atoms with Gasteiger partial charge in [0, 0.05) is 5.56 Å². The lowest BCUT2D eigenvalue weighted by molar-refractivity contribution is -0.390. The van der Waals surface area contributed by atoms with E-state index in [1.165, 1.54) is 19.4 Å². The molecule has 0 saturated heterocycles. The molecule has 7 nitrogen and oxygen atoms in total. The van der Waals surface area contributed by atoms with E-state index in [2.05, 4.69) is 4.98 Å². The molecule has 18 heavy (non-hydrogen) atoms. The lowest BCUT2D eigenvalue weighted by Gasteiger charge is -2.10. The fraction of sp³-hybridized carbons (Fsp3) is 0.455. The minimum absolute atomic E-state index is 0.0219. The zero-order chi connectivity index (χ0) is 13.7. The first-order valence-corrected chi connectivity index (χ1v) is 5.36. The molecule has 0 saturated carbocycles. The number of carbonyl (C=O) groups is 1. The Balaban J connectivity index is 3.05. The van der Waals surface area contributed by atoms with Gasteiger partial charge in [-0.25, -0.2) is 0 Å². The summed E-state index contributed by atoms with van der Waals surface area (Å²) in [5, 5.41) is 10.7. The summed E-state index contributed by atoms with van der Waals surface area (Å²) in [5.74, 6) is -1.31. The van der Waals surface area contributed by atoms with E-state index in [0.717, 1.165) is 0 Å². The molecule has 98 valence electrons. The Morgan fingerprint density at radius 3 is 2.78 bits per heavy atom. The molecule has 0 unspecified atom stereocenters. The highest BCUT2D eigenvalue weighted by Gasteiger charge is 2.23. The third-order valence-corrected chi connectivity index (χ3v) is 2.39. The first-order valence-electron chi connectivity index (χ1n) is 5.36. The number of nitro groups is 1. The van der Waals surface area contributed by atoms with Crippen molar-refractivity contribution < 1.29 is 19.2 Å². The number of hydrogen-bond donors (Lipinski definition) is 0. The Kier molecular flexibility index (Phi) is 4.59. The first kappa shape index (κ1) is 13.9. The van der Waals surface area contributed by atoms with Crippen LogP contribution in [0.25, 0.3) is 0 Å². The van der Waals surface area contributed by atoms with Gasteiger partial charge in [0.15, 0.2) is 0 Å². The van der Waals surface area contributed by atoms with Crippen molar-refractivity contribution in [1.29, 1.82) is 0 Å². The van der Waals surface area contributed by atoms with Crippen molar-refractivity contribution in [3.8, 4) is 5.75 Å². The van der Waals surface area contributed by atoms with E-state index in [1.807, 2.05) is 0 Å². The van der Waals surface area contributed by atoms with Gasteiger partial charge in [0.2, 0.25) is 5.75 Å². The van der Waals surface area contributed by atoms with E-state index >= 15 is 0 Å². The molecule has 1 atom stereocenters. The number of esters is 1. The lowest BCUT2D eigenvalue weighted by Crippen LogP contribution is -2.13. The van der Waals surface area contributed by atoms with Crippen molar-refractivity contribution in [2.45, 2.75) is 19.8 Å².